The topological polar surface area (TPSA) is 88.5 Å². The van der Waals surface area contributed by atoms with Gasteiger partial charge in [-0.05, 0) is 44.9 Å². The Morgan fingerprint density at radius 1 is 1.30 bits per heavy atom. The molecule has 0 bridgehead atoms. The third-order valence-electron chi connectivity index (χ3n) is 2.77. The molecule has 0 fully saturated rings. The van der Waals surface area contributed by atoms with Crippen LogP contribution in [0.5, 0.6) is 0 Å². The number of carbonyl (C=O) groups excluding carboxylic acids is 1. The van der Waals surface area contributed by atoms with E-state index in [1.165, 1.54) is 0 Å². The highest BCUT2D eigenvalue weighted by atomic mass is 16.5. The molecule has 0 atom stereocenters. The molecule has 1 amide bonds. The SMILES string of the molecule is CC(C)(C)OC/C=C/c1ccc(NC(=O)CCCC(=O)O)nc1. The molecule has 0 aliphatic carbocycles. The predicted octanol–water partition coefficient (Wildman–Crippen LogP) is 3.10. The van der Waals surface area contributed by atoms with Crippen LogP contribution in [0.15, 0.2) is 24.4 Å². The Bertz CT molecular complexity index is 545. The Morgan fingerprint density at radius 2 is 2.04 bits per heavy atom. The van der Waals surface area contributed by atoms with E-state index in [1.54, 1.807) is 12.3 Å². The van der Waals surface area contributed by atoms with Gasteiger partial charge in [0.05, 0.1) is 12.2 Å². The molecule has 1 rings (SSSR count). The summed E-state index contributed by atoms with van der Waals surface area (Å²) in [5.74, 6) is -0.684. The van der Waals surface area contributed by atoms with E-state index in [0.29, 0.717) is 18.8 Å². The van der Waals surface area contributed by atoms with Gasteiger partial charge in [0.15, 0.2) is 0 Å². The van der Waals surface area contributed by atoms with Crippen molar-refractivity contribution in [2.75, 3.05) is 11.9 Å². The highest BCUT2D eigenvalue weighted by Crippen LogP contribution is 2.09. The quantitative estimate of drug-likeness (QED) is 0.768. The van der Waals surface area contributed by atoms with Crippen molar-refractivity contribution < 1.29 is 19.4 Å². The number of aromatic nitrogens is 1. The van der Waals surface area contributed by atoms with Crippen molar-refractivity contribution in [3.8, 4) is 0 Å². The first-order valence-electron chi connectivity index (χ1n) is 7.54. The van der Waals surface area contributed by atoms with Crippen LogP contribution in [0, 0.1) is 0 Å². The number of aliphatic carboxylic acids is 1. The molecule has 1 aromatic rings. The maximum Gasteiger partial charge on any atom is 0.303 e. The minimum atomic E-state index is -0.900. The van der Waals surface area contributed by atoms with Gasteiger partial charge in [-0.15, -0.1) is 0 Å². The van der Waals surface area contributed by atoms with Crippen LogP contribution < -0.4 is 5.32 Å². The van der Waals surface area contributed by atoms with Gasteiger partial charge in [-0.2, -0.15) is 0 Å². The van der Waals surface area contributed by atoms with Gasteiger partial charge in [-0.25, -0.2) is 4.98 Å². The van der Waals surface area contributed by atoms with E-state index in [1.807, 2.05) is 39.0 Å². The predicted molar refractivity (Wildman–Crippen MR) is 89.1 cm³/mol. The first kappa shape index (κ1) is 18.8. The standard InChI is InChI=1S/C17H24N2O4/c1-17(2,3)23-11-5-6-13-9-10-14(18-12-13)19-15(20)7-4-8-16(21)22/h5-6,9-10,12H,4,7-8,11H2,1-3H3,(H,21,22)(H,18,19,20)/b6-5+. The molecular formula is C17H24N2O4. The number of rotatable bonds is 8. The van der Waals surface area contributed by atoms with E-state index in [-0.39, 0.29) is 24.3 Å². The Hall–Kier alpha value is -2.21. The van der Waals surface area contributed by atoms with Crippen molar-refractivity contribution >= 4 is 23.8 Å². The van der Waals surface area contributed by atoms with Crippen LogP contribution in [0.1, 0.15) is 45.6 Å². The monoisotopic (exact) mass is 320 g/mol. The Labute approximate surface area is 136 Å². The molecule has 6 nitrogen and oxygen atoms in total. The van der Waals surface area contributed by atoms with Gasteiger partial charge in [0.2, 0.25) is 5.91 Å². The van der Waals surface area contributed by atoms with Crippen LogP contribution in [-0.2, 0) is 14.3 Å². The zero-order chi connectivity index (χ0) is 17.3. The number of ether oxygens (including phenoxy) is 1. The number of carbonyl (C=O) groups is 2. The second-order valence-electron chi connectivity index (χ2n) is 6.10. The van der Waals surface area contributed by atoms with Crippen LogP contribution in [0.4, 0.5) is 5.82 Å². The fourth-order valence-corrected chi connectivity index (χ4v) is 1.67. The molecule has 126 valence electrons. The molecular weight excluding hydrogens is 296 g/mol. The molecule has 6 heteroatoms. The zero-order valence-corrected chi connectivity index (χ0v) is 13.8. The third-order valence-corrected chi connectivity index (χ3v) is 2.77. The molecule has 0 aliphatic rings. The molecule has 0 unspecified atom stereocenters. The lowest BCUT2D eigenvalue weighted by Crippen LogP contribution is -2.18. The molecule has 0 spiro atoms. The molecule has 1 aromatic heterocycles. The number of anilines is 1. The van der Waals surface area contributed by atoms with E-state index in [2.05, 4.69) is 10.3 Å². The fourth-order valence-electron chi connectivity index (χ4n) is 1.67. The van der Waals surface area contributed by atoms with Gasteiger partial charge in [0, 0.05) is 19.0 Å². The summed E-state index contributed by atoms with van der Waals surface area (Å²) in [6, 6.07) is 3.55. The minimum Gasteiger partial charge on any atom is -0.481 e. The van der Waals surface area contributed by atoms with E-state index >= 15 is 0 Å². The smallest absolute Gasteiger partial charge is 0.303 e. The second kappa shape index (κ2) is 9.05. The Balaban J connectivity index is 2.39. The number of carboxylic acids is 1. The molecule has 0 saturated heterocycles. The lowest BCUT2D eigenvalue weighted by Gasteiger charge is -2.17. The average Bonchev–Trinajstić information content (AvgIpc) is 2.44. The summed E-state index contributed by atoms with van der Waals surface area (Å²) in [6.07, 6.45) is 5.93. The second-order valence-corrected chi connectivity index (χ2v) is 6.10. The van der Waals surface area contributed by atoms with Gasteiger partial charge in [-0.3, -0.25) is 9.59 Å². The number of hydrogen-bond acceptors (Lipinski definition) is 4. The molecule has 0 saturated carbocycles. The van der Waals surface area contributed by atoms with Gasteiger partial charge in [0.25, 0.3) is 0 Å². The number of nitrogens with one attached hydrogen (secondary N) is 1. The minimum absolute atomic E-state index is 0.0127. The summed E-state index contributed by atoms with van der Waals surface area (Å²) >= 11 is 0. The van der Waals surface area contributed by atoms with Crippen molar-refractivity contribution in [2.45, 2.75) is 45.6 Å². The number of amides is 1. The van der Waals surface area contributed by atoms with Crippen LogP contribution in [-0.4, -0.2) is 34.2 Å². The van der Waals surface area contributed by atoms with E-state index in [9.17, 15) is 9.59 Å². The van der Waals surface area contributed by atoms with Crippen LogP contribution in [0.2, 0.25) is 0 Å². The first-order valence-corrected chi connectivity index (χ1v) is 7.54. The summed E-state index contributed by atoms with van der Waals surface area (Å²) in [5.41, 5.74) is 0.739. The van der Waals surface area contributed by atoms with Crippen LogP contribution in [0.25, 0.3) is 6.08 Å². The van der Waals surface area contributed by atoms with E-state index in [4.69, 9.17) is 9.84 Å². The van der Waals surface area contributed by atoms with Crippen molar-refractivity contribution in [1.29, 1.82) is 0 Å². The average molecular weight is 320 g/mol. The van der Waals surface area contributed by atoms with E-state index in [0.717, 1.165) is 5.56 Å². The van der Waals surface area contributed by atoms with Crippen molar-refractivity contribution in [3.05, 3.63) is 30.0 Å². The number of pyridine rings is 1. The summed E-state index contributed by atoms with van der Waals surface area (Å²) < 4.78 is 5.58. The molecule has 1 heterocycles. The molecule has 0 aliphatic heterocycles. The van der Waals surface area contributed by atoms with Gasteiger partial charge in [-0.1, -0.05) is 12.2 Å². The Morgan fingerprint density at radius 3 is 2.61 bits per heavy atom. The van der Waals surface area contributed by atoms with Gasteiger partial charge < -0.3 is 15.2 Å². The summed E-state index contributed by atoms with van der Waals surface area (Å²) in [5, 5.41) is 11.2. The van der Waals surface area contributed by atoms with E-state index < -0.39 is 5.97 Å². The summed E-state index contributed by atoms with van der Waals surface area (Å²) in [4.78, 5) is 26.1. The maximum absolute atomic E-state index is 11.6. The third kappa shape index (κ3) is 9.42. The normalized spacial score (nSPS) is 11.6. The fraction of sp³-hybridized carbons (Fsp3) is 0.471. The lowest BCUT2D eigenvalue weighted by molar-refractivity contribution is -0.137. The lowest BCUT2D eigenvalue weighted by atomic mass is 10.2. The first-order chi connectivity index (χ1) is 10.8. The van der Waals surface area contributed by atoms with Crippen molar-refractivity contribution in [2.24, 2.45) is 0 Å². The molecule has 0 aromatic carbocycles. The molecule has 23 heavy (non-hydrogen) atoms. The highest BCUT2D eigenvalue weighted by molar-refractivity contribution is 5.89. The number of hydrogen-bond donors (Lipinski definition) is 2. The zero-order valence-electron chi connectivity index (χ0n) is 13.8. The number of nitrogens with zero attached hydrogens (tertiary/aromatic N) is 1. The van der Waals surface area contributed by atoms with Crippen molar-refractivity contribution in [3.63, 3.8) is 0 Å². The Kier molecular flexibility index (Phi) is 7.41. The van der Waals surface area contributed by atoms with Gasteiger partial charge >= 0.3 is 5.97 Å². The molecule has 0 radical (unpaired) electrons. The largest absolute Gasteiger partial charge is 0.481 e. The number of carboxylic acid groups (broad SMARTS) is 1. The van der Waals surface area contributed by atoms with Gasteiger partial charge in [0.1, 0.15) is 5.82 Å². The summed E-state index contributed by atoms with van der Waals surface area (Å²) in [6.45, 7) is 6.51. The molecule has 2 N–H and O–H groups in total. The van der Waals surface area contributed by atoms with Crippen LogP contribution in [0.3, 0.4) is 0 Å². The van der Waals surface area contributed by atoms with Crippen LogP contribution >= 0.6 is 0 Å². The summed E-state index contributed by atoms with van der Waals surface area (Å²) in [7, 11) is 0. The maximum atomic E-state index is 11.6. The van der Waals surface area contributed by atoms with Crippen molar-refractivity contribution in [1.82, 2.24) is 4.98 Å². The highest BCUT2D eigenvalue weighted by Gasteiger charge is 2.08.